The van der Waals surface area contributed by atoms with Gasteiger partial charge in [-0.05, 0) is 56.8 Å². The van der Waals surface area contributed by atoms with Crippen LogP contribution in [0.25, 0.3) is 27.9 Å². The van der Waals surface area contributed by atoms with Gasteiger partial charge in [0.05, 0.1) is 22.9 Å². The Hall–Kier alpha value is -2.80. The molecule has 5 heterocycles. The number of aryl methyl sites for hydroxylation is 1. The second-order valence-electron chi connectivity index (χ2n) is 8.40. The number of hydrogen-bond donors (Lipinski definition) is 2. The molecule has 7 nitrogen and oxygen atoms in total. The Morgan fingerprint density at radius 2 is 1.90 bits per heavy atom. The molecule has 0 radical (unpaired) electrons. The Morgan fingerprint density at radius 3 is 2.66 bits per heavy atom. The topological polar surface area (TPSA) is 83.8 Å². The molecule has 0 aromatic carbocycles. The number of H-pyrrole nitrogens is 1. The highest BCUT2D eigenvalue weighted by molar-refractivity contribution is 5.89. The lowest BCUT2D eigenvalue weighted by atomic mass is 9.95. The molecule has 0 spiro atoms. The number of hydrogen-bond acceptors (Lipinski definition) is 5. The van der Waals surface area contributed by atoms with Crippen LogP contribution < -0.4 is 5.32 Å². The van der Waals surface area contributed by atoms with E-state index in [-0.39, 0.29) is 0 Å². The summed E-state index contributed by atoms with van der Waals surface area (Å²) in [5, 5.41) is 7.79. The van der Waals surface area contributed by atoms with Crippen LogP contribution in [0.1, 0.15) is 61.0 Å². The average Bonchev–Trinajstić information content (AvgIpc) is 3.35. The van der Waals surface area contributed by atoms with Crippen molar-refractivity contribution >= 4 is 16.7 Å². The van der Waals surface area contributed by atoms with Crippen molar-refractivity contribution in [3.05, 3.63) is 41.2 Å². The number of nitrogens with zero attached hydrogens (tertiary/aromatic N) is 5. The van der Waals surface area contributed by atoms with Crippen LogP contribution in [0.4, 0.5) is 0 Å². The lowest BCUT2D eigenvalue weighted by molar-refractivity contribution is 0.446. The van der Waals surface area contributed by atoms with E-state index in [0.29, 0.717) is 11.8 Å². The smallest absolute Gasteiger partial charge is 0.158 e. The van der Waals surface area contributed by atoms with Crippen molar-refractivity contribution in [2.75, 3.05) is 13.1 Å². The summed E-state index contributed by atoms with van der Waals surface area (Å²) in [6.07, 6.45) is 7.84. The Balaban J connectivity index is 1.72. The van der Waals surface area contributed by atoms with Crippen LogP contribution in [0.5, 0.6) is 0 Å². The minimum atomic E-state index is 0.334. The number of pyridine rings is 1. The first kappa shape index (κ1) is 18.2. The summed E-state index contributed by atoms with van der Waals surface area (Å²) in [6.45, 7) is 10.8. The molecule has 2 N–H and O–H groups in total. The van der Waals surface area contributed by atoms with Crippen LogP contribution in [0.15, 0.2) is 18.7 Å². The molecule has 0 unspecified atom stereocenters. The number of rotatable bonds is 3. The summed E-state index contributed by atoms with van der Waals surface area (Å²) in [5.74, 6) is 1.75. The van der Waals surface area contributed by atoms with Gasteiger partial charge in [-0.2, -0.15) is 5.10 Å². The first-order valence-corrected chi connectivity index (χ1v) is 10.4. The Kier molecular flexibility index (Phi) is 4.35. The van der Waals surface area contributed by atoms with Crippen molar-refractivity contribution in [2.45, 2.75) is 52.4 Å². The molecule has 0 atom stereocenters. The molecule has 4 aromatic heterocycles. The molecule has 29 heavy (non-hydrogen) atoms. The first-order chi connectivity index (χ1) is 14.0. The predicted molar refractivity (Wildman–Crippen MR) is 114 cm³/mol. The molecule has 4 aromatic rings. The maximum absolute atomic E-state index is 5.07. The van der Waals surface area contributed by atoms with Gasteiger partial charge in [-0.15, -0.1) is 0 Å². The van der Waals surface area contributed by atoms with E-state index in [1.165, 1.54) is 11.1 Å². The van der Waals surface area contributed by atoms with Crippen molar-refractivity contribution in [2.24, 2.45) is 0 Å². The van der Waals surface area contributed by atoms with Crippen LogP contribution in [-0.4, -0.2) is 42.6 Å². The highest BCUT2D eigenvalue weighted by Gasteiger charge is 2.23. The summed E-state index contributed by atoms with van der Waals surface area (Å²) in [6, 6.07) is 0. The second-order valence-corrected chi connectivity index (χ2v) is 8.40. The monoisotopic (exact) mass is 389 g/mol. The van der Waals surface area contributed by atoms with E-state index in [2.05, 4.69) is 54.3 Å². The Morgan fingerprint density at radius 1 is 1.10 bits per heavy atom. The van der Waals surface area contributed by atoms with Gasteiger partial charge in [0.25, 0.3) is 0 Å². The SMILES string of the molecule is Cc1c(-c2[nH]c3cnc(C4CCNCC4)nc3c2C(C)C)cn2ncnc2c1C. The molecular formula is C22H27N7. The van der Waals surface area contributed by atoms with Crippen LogP contribution in [-0.2, 0) is 0 Å². The van der Waals surface area contributed by atoms with E-state index in [1.54, 1.807) is 6.33 Å². The zero-order chi connectivity index (χ0) is 20.1. The quantitative estimate of drug-likeness (QED) is 0.556. The van der Waals surface area contributed by atoms with Gasteiger partial charge < -0.3 is 10.3 Å². The second kappa shape index (κ2) is 6.91. The third-order valence-corrected chi connectivity index (χ3v) is 6.27. The number of nitrogens with one attached hydrogen (secondary N) is 2. The number of aromatic amines is 1. The van der Waals surface area contributed by atoms with Crippen molar-refractivity contribution in [3.63, 3.8) is 0 Å². The van der Waals surface area contributed by atoms with Crippen LogP contribution in [0.2, 0.25) is 0 Å². The molecule has 1 aliphatic heterocycles. The fourth-order valence-electron chi connectivity index (χ4n) is 4.52. The molecule has 0 amide bonds. The van der Waals surface area contributed by atoms with Crippen molar-refractivity contribution < 1.29 is 0 Å². The van der Waals surface area contributed by atoms with E-state index in [9.17, 15) is 0 Å². The lowest BCUT2D eigenvalue weighted by Crippen LogP contribution is -2.27. The van der Waals surface area contributed by atoms with E-state index >= 15 is 0 Å². The Labute approximate surface area is 170 Å². The highest BCUT2D eigenvalue weighted by atomic mass is 15.3. The molecule has 0 aliphatic carbocycles. The van der Waals surface area contributed by atoms with Crippen molar-refractivity contribution in [3.8, 4) is 11.3 Å². The molecule has 7 heteroatoms. The Bertz CT molecular complexity index is 1200. The van der Waals surface area contributed by atoms with Crippen LogP contribution >= 0.6 is 0 Å². The van der Waals surface area contributed by atoms with Gasteiger partial charge >= 0.3 is 0 Å². The van der Waals surface area contributed by atoms with Gasteiger partial charge in [-0.1, -0.05) is 13.8 Å². The molecule has 5 rings (SSSR count). The largest absolute Gasteiger partial charge is 0.352 e. The molecule has 1 aliphatic rings. The van der Waals surface area contributed by atoms with Crippen molar-refractivity contribution in [1.29, 1.82) is 0 Å². The third kappa shape index (κ3) is 2.92. The van der Waals surface area contributed by atoms with Crippen molar-refractivity contribution in [1.82, 2.24) is 34.9 Å². The molecule has 1 fully saturated rings. The normalized spacial score (nSPS) is 15.8. The molecule has 150 valence electrons. The minimum Gasteiger partial charge on any atom is -0.352 e. The molecule has 0 bridgehead atoms. The summed E-state index contributed by atoms with van der Waals surface area (Å²) >= 11 is 0. The minimum absolute atomic E-state index is 0.334. The van der Waals surface area contributed by atoms with Gasteiger partial charge in [0.1, 0.15) is 12.2 Å². The van der Waals surface area contributed by atoms with Gasteiger partial charge in [-0.25, -0.2) is 19.5 Å². The molecular weight excluding hydrogens is 362 g/mol. The summed E-state index contributed by atoms with van der Waals surface area (Å²) in [4.78, 5) is 17.8. The number of fused-ring (bicyclic) bond motifs is 2. The van der Waals surface area contributed by atoms with E-state index in [4.69, 9.17) is 9.97 Å². The van der Waals surface area contributed by atoms with E-state index in [1.807, 2.05) is 10.7 Å². The van der Waals surface area contributed by atoms with Crippen LogP contribution in [0, 0.1) is 13.8 Å². The standard InChI is InChI=1S/C22H27N7/c1-12(2)18-19(16-10-29-22(25-11-26-29)14(4)13(16)3)27-17-9-24-21(28-20(17)18)15-5-7-23-8-6-15/h9-12,15,23,27H,5-8H2,1-4H3. The lowest BCUT2D eigenvalue weighted by Gasteiger charge is -2.21. The summed E-state index contributed by atoms with van der Waals surface area (Å²) in [5.41, 5.74) is 8.82. The fourth-order valence-corrected chi connectivity index (χ4v) is 4.52. The van der Waals surface area contributed by atoms with E-state index < -0.39 is 0 Å². The molecule has 0 saturated carbocycles. The zero-order valence-corrected chi connectivity index (χ0v) is 17.5. The van der Waals surface area contributed by atoms with E-state index in [0.717, 1.165) is 65.3 Å². The highest BCUT2D eigenvalue weighted by Crippen LogP contribution is 2.37. The zero-order valence-electron chi connectivity index (χ0n) is 17.5. The van der Waals surface area contributed by atoms with Gasteiger partial charge in [-0.3, -0.25) is 0 Å². The number of aromatic nitrogens is 6. The van der Waals surface area contributed by atoms with Gasteiger partial charge in [0.2, 0.25) is 0 Å². The third-order valence-electron chi connectivity index (χ3n) is 6.27. The van der Waals surface area contributed by atoms with Gasteiger partial charge in [0.15, 0.2) is 5.65 Å². The van der Waals surface area contributed by atoms with Gasteiger partial charge in [0, 0.05) is 23.2 Å². The number of piperidine rings is 1. The maximum atomic E-state index is 5.07. The average molecular weight is 390 g/mol. The first-order valence-electron chi connectivity index (χ1n) is 10.4. The fraction of sp³-hybridized carbons (Fsp3) is 0.455. The van der Waals surface area contributed by atoms with Crippen LogP contribution in [0.3, 0.4) is 0 Å². The maximum Gasteiger partial charge on any atom is 0.158 e. The predicted octanol–water partition coefficient (Wildman–Crippen LogP) is 3.87. The summed E-state index contributed by atoms with van der Waals surface area (Å²) < 4.78 is 1.86. The molecule has 1 saturated heterocycles. The summed E-state index contributed by atoms with van der Waals surface area (Å²) in [7, 11) is 0.